The normalized spacial score (nSPS) is 14.8. The molecule has 0 spiro atoms. The van der Waals surface area contributed by atoms with Crippen LogP contribution in [-0.4, -0.2) is 18.5 Å². The van der Waals surface area contributed by atoms with Gasteiger partial charge in [0.25, 0.3) is 0 Å². The van der Waals surface area contributed by atoms with Gasteiger partial charge in [-0.3, -0.25) is 4.79 Å². The van der Waals surface area contributed by atoms with Crippen molar-refractivity contribution in [1.82, 2.24) is 0 Å². The van der Waals surface area contributed by atoms with Crippen LogP contribution in [0, 0.1) is 11.3 Å². The zero-order chi connectivity index (χ0) is 15.2. The first kappa shape index (κ1) is 16.9. The SMILES string of the molecule is CCC(C)C(Cc1ccccc1)OCC(=O)C(C)(C)C. The Kier molecular flexibility index (Phi) is 6.41. The van der Waals surface area contributed by atoms with Gasteiger partial charge < -0.3 is 4.74 Å². The van der Waals surface area contributed by atoms with E-state index >= 15 is 0 Å². The summed E-state index contributed by atoms with van der Waals surface area (Å²) in [6.07, 6.45) is 2.03. The van der Waals surface area contributed by atoms with Crippen LogP contribution in [0.5, 0.6) is 0 Å². The van der Waals surface area contributed by atoms with E-state index in [2.05, 4.69) is 26.0 Å². The molecule has 2 atom stereocenters. The maximum Gasteiger partial charge on any atom is 0.163 e. The second kappa shape index (κ2) is 7.58. The molecule has 0 aliphatic rings. The van der Waals surface area contributed by atoms with Gasteiger partial charge in [0.2, 0.25) is 0 Å². The van der Waals surface area contributed by atoms with E-state index in [9.17, 15) is 4.79 Å². The Balaban J connectivity index is 2.64. The Morgan fingerprint density at radius 3 is 2.30 bits per heavy atom. The molecule has 0 aromatic heterocycles. The van der Waals surface area contributed by atoms with Crippen LogP contribution in [0.4, 0.5) is 0 Å². The van der Waals surface area contributed by atoms with Gasteiger partial charge in [0, 0.05) is 5.41 Å². The lowest BCUT2D eigenvalue weighted by Crippen LogP contribution is -2.31. The third-order valence-corrected chi connectivity index (χ3v) is 3.82. The smallest absolute Gasteiger partial charge is 0.163 e. The Bertz CT molecular complexity index is 403. The highest BCUT2D eigenvalue weighted by atomic mass is 16.5. The van der Waals surface area contributed by atoms with E-state index in [1.165, 1.54) is 5.56 Å². The largest absolute Gasteiger partial charge is 0.370 e. The number of carbonyl (C=O) groups is 1. The quantitative estimate of drug-likeness (QED) is 0.743. The number of hydrogen-bond acceptors (Lipinski definition) is 2. The van der Waals surface area contributed by atoms with Crippen molar-refractivity contribution < 1.29 is 9.53 Å². The summed E-state index contributed by atoms with van der Waals surface area (Å²) in [4.78, 5) is 12.0. The third-order valence-electron chi connectivity index (χ3n) is 3.82. The van der Waals surface area contributed by atoms with Gasteiger partial charge in [0.15, 0.2) is 5.78 Å². The maximum atomic E-state index is 12.0. The number of ketones is 1. The van der Waals surface area contributed by atoms with Crippen LogP contribution in [0.15, 0.2) is 30.3 Å². The third kappa shape index (κ3) is 5.46. The van der Waals surface area contributed by atoms with Gasteiger partial charge >= 0.3 is 0 Å². The first-order valence-electron chi connectivity index (χ1n) is 7.53. The Morgan fingerprint density at radius 1 is 1.20 bits per heavy atom. The molecular weight excluding hydrogens is 248 g/mol. The van der Waals surface area contributed by atoms with Crippen molar-refractivity contribution in [2.24, 2.45) is 11.3 Å². The number of benzene rings is 1. The fourth-order valence-corrected chi connectivity index (χ4v) is 1.93. The van der Waals surface area contributed by atoms with Crippen LogP contribution in [0.3, 0.4) is 0 Å². The molecule has 0 fully saturated rings. The molecule has 112 valence electrons. The van der Waals surface area contributed by atoms with Crippen molar-refractivity contribution in [3.8, 4) is 0 Å². The molecule has 0 saturated carbocycles. The molecule has 1 aromatic carbocycles. The average Bonchev–Trinajstić information content (AvgIpc) is 2.42. The topological polar surface area (TPSA) is 26.3 Å². The predicted molar refractivity (Wildman–Crippen MR) is 83.8 cm³/mol. The van der Waals surface area contributed by atoms with Crippen molar-refractivity contribution in [1.29, 1.82) is 0 Å². The van der Waals surface area contributed by atoms with Crippen LogP contribution in [0.2, 0.25) is 0 Å². The number of ether oxygens (including phenoxy) is 1. The number of rotatable bonds is 7. The lowest BCUT2D eigenvalue weighted by Gasteiger charge is -2.25. The summed E-state index contributed by atoms with van der Waals surface area (Å²) < 4.78 is 5.94. The van der Waals surface area contributed by atoms with Gasteiger partial charge in [-0.15, -0.1) is 0 Å². The average molecular weight is 276 g/mol. The summed E-state index contributed by atoms with van der Waals surface area (Å²) >= 11 is 0. The lowest BCUT2D eigenvalue weighted by molar-refractivity contribution is -0.134. The van der Waals surface area contributed by atoms with Gasteiger partial charge in [0.05, 0.1) is 6.10 Å². The van der Waals surface area contributed by atoms with Crippen LogP contribution >= 0.6 is 0 Å². The Labute approximate surface area is 123 Å². The van der Waals surface area contributed by atoms with E-state index in [-0.39, 0.29) is 23.9 Å². The Hall–Kier alpha value is -1.15. The van der Waals surface area contributed by atoms with Crippen molar-refractivity contribution in [3.63, 3.8) is 0 Å². The molecule has 0 aliphatic heterocycles. The van der Waals surface area contributed by atoms with Crippen LogP contribution in [-0.2, 0) is 16.0 Å². The molecule has 0 saturated heterocycles. The molecule has 2 nitrogen and oxygen atoms in total. The highest BCUT2D eigenvalue weighted by Gasteiger charge is 2.24. The second-order valence-corrected chi connectivity index (χ2v) is 6.60. The van der Waals surface area contributed by atoms with E-state index in [1.807, 2.05) is 39.0 Å². The minimum absolute atomic E-state index is 0.105. The molecule has 0 heterocycles. The van der Waals surface area contributed by atoms with Gasteiger partial charge in [0.1, 0.15) is 6.61 Å². The molecule has 0 aliphatic carbocycles. The zero-order valence-electron chi connectivity index (χ0n) is 13.5. The van der Waals surface area contributed by atoms with Crippen molar-refractivity contribution >= 4 is 5.78 Å². The van der Waals surface area contributed by atoms with Crippen LogP contribution in [0.1, 0.15) is 46.6 Å². The predicted octanol–water partition coefficient (Wildman–Crippen LogP) is 4.28. The first-order valence-corrected chi connectivity index (χ1v) is 7.53. The summed E-state index contributed by atoms with van der Waals surface area (Å²) in [5, 5.41) is 0. The Morgan fingerprint density at radius 2 is 1.80 bits per heavy atom. The summed E-state index contributed by atoms with van der Waals surface area (Å²) in [5.41, 5.74) is 0.938. The molecule has 2 heteroatoms. The minimum atomic E-state index is -0.327. The molecule has 1 aromatic rings. The first-order chi connectivity index (χ1) is 9.34. The molecule has 2 unspecified atom stereocenters. The van der Waals surface area contributed by atoms with E-state index in [1.54, 1.807) is 0 Å². The van der Waals surface area contributed by atoms with Gasteiger partial charge in [-0.2, -0.15) is 0 Å². The van der Waals surface area contributed by atoms with E-state index in [4.69, 9.17) is 4.74 Å². The van der Waals surface area contributed by atoms with Crippen LogP contribution < -0.4 is 0 Å². The van der Waals surface area contributed by atoms with Crippen molar-refractivity contribution in [2.75, 3.05) is 6.61 Å². The van der Waals surface area contributed by atoms with E-state index in [0.29, 0.717) is 5.92 Å². The van der Waals surface area contributed by atoms with Gasteiger partial charge in [-0.05, 0) is 17.9 Å². The molecule has 0 N–H and O–H groups in total. The number of Topliss-reactive ketones (excluding diaryl/α,β-unsaturated/α-hetero) is 1. The molecule has 20 heavy (non-hydrogen) atoms. The lowest BCUT2D eigenvalue weighted by atomic mass is 9.91. The molecular formula is C18H28O2. The highest BCUT2D eigenvalue weighted by molar-refractivity contribution is 5.84. The standard InChI is InChI=1S/C18H28O2/c1-6-14(2)16(12-15-10-8-7-9-11-15)20-13-17(19)18(3,4)5/h7-11,14,16H,6,12-13H2,1-5H3. The molecule has 0 amide bonds. The number of hydrogen-bond donors (Lipinski definition) is 0. The van der Waals surface area contributed by atoms with Crippen molar-refractivity contribution in [2.45, 2.75) is 53.6 Å². The monoisotopic (exact) mass is 276 g/mol. The maximum absolute atomic E-state index is 12.0. The molecule has 0 radical (unpaired) electrons. The summed E-state index contributed by atoms with van der Waals surface area (Å²) in [6, 6.07) is 10.3. The fourth-order valence-electron chi connectivity index (χ4n) is 1.93. The summed E-state index contributed by atoms with van der Waals surface area (Å²) in [5.74, 6) is 0.613. The van der Waals surface area contributed by atoms with Gasteiger partial charge in [-0.25, -0.2) is 0 Å². The molecule has 1 rings (SSSR count). The summed E-state index contributed by atoms with van der Waals surface area (Å²) in [7, 11) is 0. The van der Waals surface area contributed by atoms with Crippen LogP contribution in [0.25, 0.3) is 0 Å². The highest BCUT2D eigenvalue weighted by Crippen LogP contribution is 2.20. The fraction of sp³-hybridized carbons (Fsp3) is 0.611. The minimum Gasteiger partial charge on any atom is -0.370 e. The summed E-state index contributed by atoms with van der Waals surface area (Å²) in [6.45, 7) is 10.4. The zero-order valence-corrected chi connectivity index (χ0v) is 13.5. The van der Waals surface area contributed by atoms with E-state index in [0.717, 1.165) is 12.8 Å². The number of carbonyl (C=O) groups excluding carboxylic acids is 1. The van der Waals surface area contributed by atoms with E-state index < -0.39 is 0 Å². The second-order valence-electron chi connectivity index (χ2n) is 6.60. The van der Waals surface area contributed by atoms with Crippen molar-refractivity contribution in [3.05, 3.63) is 35.9 Å². The molecule has 0 bridgehead atoms. The van der Waals surface area contributed by atoms with Gasteiger partial charge in [-0.1, -0.05) is 71.4 Å².